The van der Waals surface area contributed by atoms with Gasteiger partial charge in [0.15, 0.2) is 0 Å². The van der Waals surface area contributed by atoms with Crippen LogP contribution < -0.4 is 9.80 Å². The first-order chi connectivity index (χ1) is 44.1. The maximum absolute atomic E-state index is 6.78. The van der Waals surface area contributed by atoms with Crippen molar-refractivity contribution < 1.29 is 4.42 Å². The van der Waals surface area contributed by atoms with Gasteiger partial charge in [-0.1, -0.05) is 267 Å². The third kappa shape index (κ3) is 9.15. The van der Waals surface area contributed by atoms with Gasteiger partial charge < -0.3 is 14.2 Å². The number of benzene rings is 16. The van der Waals surface area contributed by atoms with E-state index in [4.69, 9.17) is 4.42 Å². The van der Waals surface area contributed by atoms with E-state index in [1.807, 2.05) is 0 Å². The van der Waals surface area contributed by atoms with Crippen molar-refractivity contribution in [3.63, 3.8) is 0 Å². The van der Waals surface area contributed by atoms with Crippen molar-refractivity contribution in [2.75, 3.05) is 9.80 Å². The highest BCUT2D eigenvalue weighted by molar-refractivity contribution is 6.21. The van der Waals surface area contributed by atoms with Gasteiger partial charge in [0.2, 0.25) is 0 Å². The quantitative estimate of drug-likeness (QED) is 0.120. The molecular formula is C86H56N2O. The van der Waals surface area contributed by atoms with E-state index in [-0.39, 0.29) is 0 Å². The van der Waals surface area contributed by atoms with Crippen LogP contribution in [0.4, 0.5) is 34.1 Å². The molecular weight excluding hydrogens is 1080 g/mol. The summed E-state index contributed by atoms with van der Waals surface area (Å²) in [5, 5.41) is 14.5. The zero-order chi connectivity index (χ0) is 58.8. The first-order valence-corrected chi connectivity index (χ1v) is 30.5. The average molecular weight is 1130 g/mol. The van der Waals surface area contributed by atoms with E-state index < -0.39 is 0 Å². The van der Waals surface area contributed by atoms with Crippen molar-refractivity contribution in [3.05, 3.63) is 340 Å². The van der Waals surface area contributed by atoms with Crippen LogP contribution in [-0.2, 0) is 0 Å². The molecule has 0 bridgehead atoms. The summed E-state index contributed by atoms with van der Waals surface area (Å²) in [5.41, 5.74) is 19.4. The van der Waals surface area contributed by atoms with Crippen molar-refractivity contribution in [2.45, 2.75) is 0 Å². The fourth-order valence-electron chi connectivity index (χ4n) is 13.7. The summed E-state index contributed by atoms with van der Waals surface area (Å²) >= 11 is 0. The van der Waals surface area contributed by atoms with Gasteiger partial charge in [0.05, 0.1) is 11.4 Å². The average Bonchev–Trinajstić information content (AvgIpc) is 2.32. The maximum atomic E-state index is 6.78. The molecule has 416 valence electrons. The molecule has 0 fully saturated rings. The highest BCUT2D eigenvalue weighted by Crippen LogP contribution is 2.49. The number of rotatable bonds is 11. The standard InChI is InChI=1S/C86H56N2O/c1-2-20-65-54-67(40-36-57(65)16-1)66-22-13-23-71(55-66)88(72-51-52-76-68(56-72)41-39-61-18-4-7-25-74(61)76)83-33-12-10-28-80(83)79-27-9-11-32-82(79)87(69-47-42-59(43-48-69)58-34-37-63(38-35-58)75-29-14-21-60-17-3-6-24-73(60)75)70-49-44-64(45-50-70)78-30-15-31-81-85-77-26-8-5-19-62(77)46-53-84(85)89-86(78)81/h1-56H. The van der Waals surface area contributed by atoms with Gasteiger partial charge in [0.1, 0.15) is 11.2 Å². The van der Waals surface area contributed by atoms with E-state index in [0.29, 0.717) is 0 Å². The molecule has 0 atom stereocenters. The second-order valence-electron chi connectivity index (χ2n) is 23.2. The van der Waals surface area contributed by atoms with Gasteiger partial charge in [-0.2, -0.15) is 0 Å². The summed E-state index contributed by atoms with van der Waals surface area (Å²) in [4.78, 5) is 4.87. The van der Waals surface area contributed by atoms with Crippen LogP contribution in [-0.4, -0.2) is 0 Å². The molecule has 0 unspecified atom stereocenters. The lowest BCUT2D eigenvalue weighted by atomic mass is 9.96. The monoisotopic (exact) mass is 1130 g/mol. The fraction of sp³-hybridized carbons (Fsp3) is 0. The molecule has 16 aromatic carbocycles. The third-order valence-electron chi connectivity index (χ3n) is 18.0. The topological polar surface area (TPSA) is 19.6 Å². The van der Waals surface area contributed by atoms with Crippen molar-refractivity contribution >= 4 is 110 Å². The fourth-order valence-corrected chi connectivity index (χ4v) is 13.7. The van der Waals surface area contributed by atoms with Gasteiger partial charge in [0, 0.05) is 50.2 Å². The minimum atomic E-state index is 0.887. The largest absolute Gasteiger partial charge is 0.455 e. The number of fused-ring (bicyclic) bond motifs is 10. The Morgan fingerprint density at radius 3 is 1.37 bits per heavy atom. The first-order valence-electron chi connectivity index (χ1n) is 30.5. The molecule has 89 heavy (non-hydrogen) atoms. The molecule has 0 saturated carbocycles. The number of furan rings is 1. The minimum absolute atomic E-state index is 0.887. The zero-order valence-corrected chi connectivity index (χ0v) is 48.6. The van der Waals surface area contributed by atoms with E-state index in [9.17, 15) is 0 Å². The molecule has 0 aliphatic heterocycles. The Kier molecular flexibility index (Phi) is 12.5. The Labute approximate surface area is 516 Å². The van der Waals surface area contributed by atoms with Crippen LogP contribution in [0.2, 0.25) is 0 Å². The van der Waals surface area contributed by atoms with Crippen molar-refractivity contribution in [1.29, 1.82) is 0 Å². The molecule has 0 aliphatic carbocycles. The molecule has 17 rings (SSSR count). The van der Waals surface area contributed by atoms with Crippen molar-refractivity contribution in [3.8, 4) is 55.6 Å². The summed E-state index contributed by atoms with van der Waals surface area (Å²) in [5.74, 6) is 0. The summed E-state index contributed by atoms with van der Waals surface area (Å²) in [7, 11) is 0. The minimum Gasteiger partial charge on any atom is -0.455 e. The molecule has 3 nitrogen and oxygen atoms in total. The van der Waals surface area contributed by atoms with Gasteiger partial charge >= 0.3 is 0 Å². The Morgan fingerprint density at radius 1 is 0.202 bits per heavy atom. The van der Waals surface area contributed by atoms with Crippen LogP contribution in [0.15, 0.2) is 344 Å². The number of hydrogen-bond acceptors (Lipinski definition) is 3. The molecule has 0 N–H and O–H groups in total. The smallest absolute Gasteiger partial charge is 0.143 e. The molecule has 0 radical (unpaired) electrons. The van der Waals surface area contributed by atoms with E-state index in [2.05, 4.69) is 350 Å². The molecule has 0 saturated heterocycles. The summed E-state index contributed by atoms with van der Waals surface area (Å²) < 4.78 is 6.78. The van der Waals surface area contributed by atoms with Gasteiger partial charge in [-0.15, -0.1) is 0 Å². The number of para-hydroxylation sites is 3. The van der Waals surface area contributed by atoms with Crippen LogP contribution in [0, 0.1) is 0 Å². The number of anilines is 6. The molecule has 0 aliphatic rings. The normalized spacial score (nSPS) is 11.6. The lowest BCUT2D eigenvalue weighted by Gasteiger charge is -2.31. The van der Waals surface area contributed by atoms with E-state index in [1.54, 1.807) is 0 Å². The van der Waals surface area contributed by atoms with Crippen LogP contribution in [0.25, 0.3) is 131 Å². The molecule has 3 heteroatoms. The molecule has 1 heterocycles. The van der Waals surface area contributed by atoms with Crippen LogP contribution in [0.1, 0.15) is 0 Å². The third-order valence-corrected chi connectivity index (χ3v) is 18.0. The lowest BCUT2D eigenvalue weighted by Crippen LogP contribution is -2.13. The highest BCUT2D eigenvalue weighted by Gasteiger charge is 2.24. The zero-order valence-electron chi connectivity index (χ0n) is 48.6. The van der Waals surface area contributed by atoms with E-state index in [0.717, 1.165) is 95.0 Å². The van der Waals surface area contributed by atoms with E-state index >= 15 is 0 Å². The van der Waals surface area contributed by atoms with Gasteiger partial charge in [-0.25, -0.2) is 0 Å². The Balaban J connectivity index is 0.812. The SMILES string of the molecule is c1cc(-c2ccc3ccccc3c2)cc(N(c2ccc3c(ccc4ccccc43)c2)c2ccccc2-c2ccccc2N(c2ccc(-c3ccc(-c4cccc5ccccc45)cc3)cc2)c2ccc(-c3cccc4c3oc3ccc5ccccc5c34)cc2)c1. The highest BCUT2D eigenvalue weighted by atomic mass is 16.3. The summed E-state index contributed by atoms with van der Waals surface area (Å²) in [6, 6.07) is 124. The molecule has 1 aromatic heterocycles. The van der Waals surface area contributed by atoms with Gasteiger partial charge in [-0.05, 0) is 166 Å². The summed E-state index contributed by atoms with van der Waals surface area (Å²) in [6.45, 7) is 0. The molecule has 0 amide bonds. The number of hydrogen-bond donors (Lipinski definition) is 0. The molecule has 17 aromatic rings. The van der Waals surface area contributed by atoms with Gasteiger partial charge in [-0.3, -0.25) is 0 Å². The number of nitrogens with zero attached hydrogens (tertiary/aromatic N) is 2. The van der Waals surface area contributed by atoms with Crippen LogP contribution in [0.3, 0.4) is 0 Å². The van der Waals surface area contributed by atoms with Crippen LogP contribution in [0.5, 0.6) is 0 Å². The maximum Gasteiger partial charge on any atom is 0.143 e. The van der Waals surface area contributed by atoms with Crippen molar-refractivity contribution in [2.24, 2.45) is 0 Å². The van der Waals surface area contributed by atoms with Crippen LogP contribution >= 0.6 is 0 Å². The summed E-state index contributed by atoms with van der Waals surface area (Å²) in [6.07, 6.45) is 0. The first kappa shape index (κ1) is 51.6. The second kappa shape index (κ2) is 21.6. The lowest BCUT2D eigenvalue weighted by molar-refractivity contribution is 0.670. The Morgan fingerprint density at radius 2 is 0.629 bits per heavy atom. The Hall–Kier alpha value is -11.8. The van der Waals surface area contributed by atoms with E-state index in [1.165, 1.54) is 70.6 Å². The van der Waals surface area contributed by atoms with Gasteiger partial charge in [0.25, 0.3) is 0 Å². The predicted octanol–water partition coefficient (Wildman–Crippen LogP) is 24.6. The Bertz CT molecular complexity index is 5560. The molecule has 0 spiro atoms. The predicted molar refractivity (Wildman–Crippen MR) is 378 cm³/mol. The second-order valence-corrected chi connectivity index (χ2v) is 23.2. The van der Waals surface area contributed by atoms with Crippen molar-refractivity contribution in [1.82, 2.24) is 0 Å².